The number of aromatic nitrogens is 4. The number of nitrogens with one attached hydrogen (secondary N) is 2. The van der Waals surface area contributed by atoms with E-state index in [4.69, 9.17) is 11.6 Å². The van der Waals surface area contributed by atoms with Crippen molar-refractivity contribution in [2.24, 2.45) is 0 Å². The largest absolute Gasteiger partial charge is 0.323 e. The second-order valence-corrected chi connectivity index (χ2v) is 5.96. The summed E-state index contributed by atoms with van der Waals surface area (Å²) in [6, 6.07) is 3.57. The zero-order chi connectivity index (χ0) is 15.9. The molecule has 0 aromatic carbocycles. The molecule has 0 fully saturated rings. The third-order valence-corrected chi connectivity index (χ3v) is 3.68. The molecule has 0 aliphatic rings. The van der Waals surface area contributed by atoms with Gasteiger partial charge in [-0.1, -0.05) is 48.5 Å². The van der Waals surface area contributed by atoms with Gasteiger partial charge in [-0.2, -0.15) is 5.10 Å². The summed E-state index contributed by atoms with van der Waals surface area (Å²) >= 11 is 7.57. The zero-order valence-electron chi connectivity index (χ0n) is 12.7. The molecular formula is C15H18ClN5S. The van der Waals surface area contributed by atoms with E-state index in [0.717, 1.165) is 17.0 Å². The number of nitrogens with zero attached hydrogens (tertiary/aromatic N) is 3. The molecule has 0 amide bonds. The van der Waals surface area contributed by atoms with Gasteiger partial charge in [0.15, 0.2) is 11.0 Å². The fourth-order valence-electron chi connectivity index (χ4n) is 1.73. The van der Waals surface area contributed by atoms with Crippen molar-refractivity contribution < 1.29 is 0 Å². The topological polar surface area (TPSA) is 66.5 Å². The normalized spacial score (nSPS) is 12.1. The van der Waals surface area contributed by atoms with E-state index in [1.807, 2.05) is 32.1 Å². The number of aromatic amines is 1. The Balaban J connectivity index is 2.20. The summed E-state index contributed by atoms with van der Waals surface area (Å²) in [5.74, 6) is 1.31. The standard InChI is InChI=1S/C15H18ClN5S/c1-4-6-11(7-5-2)22-15-17-12(16)9-13(19-15)18-14-8-10(3)20-21-14/h4,6-9H,5H2,1-3H3,(H2,17,18,19,20,21)/b6-4-,11-7+. The average molecular weight is 336 g/mol. The number of anilines is 2. The van der Waals surface area contributed by atoms with Crippen LogP contribution in [0.3, 0.4) is 0 Å². The fourth-order valence-corrected chi connectivity index (χ4v) is 2.92. The lowest BCUT2D eigenvalue weighted by molar-refractivity contribution is 0.972. The van der Waals surface area contributed by atoms with Gasteiger partial charge in [0.25, 0.3) is 0 Å². The lowest BCUT2D eigenvalue weighted by Gasteiger charge is -2.06. The van der Waals surface area contributed by atoms with Gasteiger partial charge in [-0.25, -0.2) is 9.97 Å². The van der Waals surface area contributed by atoms with Crippen molar-refractivity contribution in [1.29, 1.82) is 0 Å². The zero-order valence-corrected chi connectivity index (χ0v) is 14.3. The highest BCUT2D eigenvalue weighted by Gasteiger charge is 2.07. The van der Waals surface area contributed by atoms with Gasteiger partial charge in [0, 0.05) is 22.7 Å². The highest BCUT2D eigenvalue weighted by atomic mass is 35.5. The highest BCUT2D eigenvalue weighted by Crippen LogP contribution is 2.28. The summed E-state index contributed by atoms with van der Waals surface area (Å²) in [6.45, 7) is 6.01. The van der Waals surface area contributed by atoms with Crippen molar-refractivity contribution in [3.63, 3.8) is 0 Å². The SMILES string of the molecule is C/C=C\C(=C/CC)Sc1nc(Cl)cc(Nc2cc(C)[nH]n2)n1. The molecule has 0 aliphatic carbocycles. The van der Waals surface area contributed by atoms with Crippen molar-refractivity contribution >= 4 is 35.0 Å². The van der Waals surface area contributed by atoms with Crippen molar-refractivity contribution in [3.8, 4) is 0 Å². The molecule has 116 valence electrons. The van der Waals surface area contributed by atoms with Crippen LogP contribution in [0.4, 0.5) is 11.6 Å². The highest BCUT2D eigenvalue weighted by molar-refractivity contribution is 8.03. The Morgan fingerprint density at radius 3 is 2.82 bits per heavy atom. The third-order valence-electron chi connectivity index (χ3n) is 2.58. The van der Waals surface area contributed by atoms with E-state index in [1.54, 1.807) is 6.07 Å². The first kappa shape index (κ1) is 16.6. The molecule has 2 aromatic rings. The van der Waals surface area contributed by atoms with Crippen molar-refractivity contribution in [2.75, 3.05) is 5.32 Å². The van der Waals surface area contributed by atoms with E-state index in [9.17, 15) is 0 Å². The number of hydrogen-bond acceptors (Lipinski definition) is 5. The molecule has 0 unspecified atom stereocenters. The first-order chi connectivity index (χ1) is 10.6. The van der Waals surface area contributed by atoms with E-state index in [0.29, 0.717) is 21.9 Å². The van der Waals surface area contributed by atoms with Gasteiger partial charge >= 0.3 is 0 Å². The maximum Gasteiger partial charge on any atom is 0.195 e. The predicted octanol–water partition coefficient (Wildman–Crippen LogP) is 4.87. The monoisotopic (exact) mass is 335 g/mol. The minimum absolute atomic E-state index is 0.392. The number of halogens is 1. The van der Waals surface area contributed by atoms with E-state index >= 15 is 0 Å². The Hall–Kier alpha value is -1.79. The van der Waals surface area contributed by atoms with Crippen LogP contribution < -0.4 is 5.32 Å². The summed E-state index contributed by atoms with van der Waals surface area (Å²) in [5, 5.41) is 11.1. The quantitative estimate of drug-likeness (QED) is 0.341. The predicted molar refractivity (Wildman–Crippen MR) is 92.7 cm³/mol. The Kier molecular flexibility index (Phi) is 6.03. The third kappa shape index (κ3) is 4.89. The molecule has 2 rings (SSSR count). The van der Waals surface area contributed by atoms with Crippen LogP contribution in [0.15, 0.2) is 40.4 Å². The van der Waals surface area contributed by atoms with Gasteiger partial charge in [-0.05, 0) is 20.3 Å². The summed E-state index contributed by atoms with van der Waals surface area (Å²) in [5.41, 5.74) is 0.971. The summed E-state index contributed by atoms with van der Waals surface area (Å²) < 4.78 is 0. The number of thioether (sulfide) groups is 1. The van der Waals surface area contributed by atoms with E-state index in [-0.39, 0.29) is 0 Å². The number of hydrogen-bond donors (Lipinski definition) is 2. The molecule has 0 radical (unpaired) electrons. The number of aryl methyl sites for hydroxylation is 1. The van der Waals surface area contributed by atoms with Crippen LogP contribution in [-0.2, 0) is 0 Å². The van der Waals surface area contributed by atoms with E-state index < -0.39 is 0 Å². The molecule has 0 bridgehead atoms. The van der Waals surface area contributed by atoms with Crippen LogP contribution in [0.5, 0.6) is 0 Å². The molecule has 0 aliphatic heterocycles. The second kappa shape index (κ2) is 8.00. The lowest BCUT2D eigenvalue weighted by atomic mass is 10.4. The first-order valence-corrected chi connectivity index (χ1v) is 8.14. The van der Waals surface area contributed by atoms with E-state index in [1.165, 1.54) is 11.8 Å². The van der Waals surface area contributed by atoms with Gasteiger partial charge < -0.3 is 5.32 Å². The molecule has 0 saturated heterocycles. The van der Waals surface area contributed by atoms with Gasteiger partial charge in [-0.15, -0.1) is 0 Å². The minimum Gasteiger partial charge on any atom is -0.323 e. The van der Waals surface area contributed by atoms with Gasteiger partial charge in [0.2, 0.25) is 0 Å². The smallest absolute Gasteiger partial charge is 0.195 e. The second-order valence-electron chi connectivity index (χ2n) is 4.54. The maximum absolute atomic E-state index is 6.09. The van der Waals surface area contributed by atoms with Crippen LogP contribution in [0.1, 0.15) is 26.0 Å². The van der Waals surface area contributed by atoms with Gasteiger partial charge in [-0.3, -0.25) is 5.10 Å². The molecule has 2 aromatic heterocycles. The van der Waals surface area contributed by atoms with Gasteiger partial charge in [0.05, 0.1) is 0 Å². The molecule has 0 atom stereocenters. The average Bonchev–Trinajstić information content (AvgIpc) is 2.84. The molecule has 7 heteroatoms. The molecule has 5 nitrogen and oxygen atoms in total. The molecule has 0 saturated carbocycles. The summed E-state index contributed by atoms with van der Waals surface area (Å²) in [6.07, 6.45) is 7.09. The van der Waals surface area contributed by atoms with Crippen LogP contribution in [0.2, 0.25) is 5.15 Å². The molecule has 22 heavy (non-hydrogen) atoms. The van der Waals surface area contributed by atoms with Gasteiger partial charge in [0.1, 0.15) is 11.0 Å². The van der Waals surface area contributed by atoms with Crippen molar-refractivity contribution in [3.05, 3.63) is 46.1 Å². The number of allylic oxidation sites excluding steroid dienone is 3. The Morgan fingerprint density at radius 2 is 2.18 bits per heavy atom. The Bertz CT molecular complexity index is 693. The lowest BCUT2D eigenvalue weighted by Crippen LogP contribution is -1.97. The fraction of sp³-hybridized carbons (Fsp3) is 0.267. The molecule has 0 spiro atoms. The molecule has 2 N–H and O–H groups in total. The number of H-pyrrole nitrogens is 1. The van der Waals surface area contributed by atoms with Crippen LogP contribution >= 0.6 is 23.4 Å². The Morgan fingerprint density at radius 1 is 1.36 bits per heavy atom. The van der Waals surface area contributed by atoms with E-state index in [2.05, 4.69) is 38.5 Å². The maximum atomic E-state index is 6.09. The van der Waals surface area contributed by atoms with Crippen molar-refractivity contribution in [1.82, 2.24) is 20.2 Å². The number of rotatable bonds is 6. The van der Waals surface area contributed by atoms with Crippen LogP contribution in [0, 0.1) is 6.92 Å². The minimum atomic E-state index is 0.392. The first-order valence-electron chi connectivity index (χ1n) is 6.95. The summed E-state index contributed by atoms with van der Waals surface area (Å²) in [4.78, 5) is 9.82. The van der Waals surface area contributed by atoms with Crippen LogP contribution in [0.25, 0.3) is 0 Å². The Labute approximate surface area is 139 Å². The summed E-state index contributed by atoms with van der Waals surface area (Å²) in [7, 11) is 0. The van der Waals surface area contributed by atoms with Crippen molar-refractivity contribution in [2.45, 2.75) is 32.3 Å². The molecular weight excluding hydrogens is 318 g/mol. The molecule has 2 heterocycles. The van der Waals surface area contributed by atoms with Crippen LogP contribution in [-0.4, -0.2) is 20.2 Å².